The first-order valence-electron chi connectivity index (χ1n) is 7.05. The highest BCUT2D eigenvalue weighted by Crippen LogP contribution is 2.15. The lowest BCUT2D eigenvalue weighted by molar-refractivity contribution is 0.0946. The number of fused-ring (bicyclic) bond motifs is 1. The molecule has 0 radical (unpaired) electrons. The van der Waals surface area contributed by atoms with Gasteiger partial charge in [0, 0.05) is 19.3 Å². The number of H-pyrrole nitrogens is 1. The van der Waals surface area contributed by atoms with E-state index in [1.165, 1.54) is 23.9 Å². The number of amides is 1. The minimum Gasteiger partial charge on any atom is -0.496 e. The lowest BCUT2D eigenvalue weighted by Crippen LogP contribution is -2.26. The Balaban J connectivity index is 1.79. The van der Waals surface area contributed by atoms with Crippen LogP contribution < -0.4 is 15.6 Å². The number of methoxy groups -OCH3 is 1. The number of carbonyl (C=O) groups is 1. The maximum atomic E-state index is 12.3. The predicted molar refractivity (Wildman–Crippen MR) is 85.5 cm³/mol. The molecule has 0 atom stereocenters. The Morgan fingerprint density at radius 3 is 2.91 bits per heavy atom. The smallest absolute Gasteiger partial charge is 0.256 e. The van der Waals surface area contributed by atoms with Gasteiger partial charge in [0.15, 0.2) is 0 Å². The molecule has 3 aromatic rings. The second-order valence-corrected chi connectivity index (χ2v) is 5.09. The van der Waals surface area contributed by atoms with Gasteiger partial charge in [-0.05, 0) is 12.1 Å². The number of nitrogens with one attached hydrogen (secondary N) is 2. The summed E-state index contributed by atoms with van der Waals surface area (Å²) < 4.78 is 6.44. The number of nitrogens with zero attached hydrogens (tertiary/aromatic N) is 2. The van der Waals surface area contributed by atoms with Crippen LogP contribution in [0.2, 0.25) is 0 Å². The Hall–Kier alpha value is -3.09. The Morgan fingerprint density at radius 1 is 1.39 bits per heavy atom. The molecule has 0 spiro atoms. The summed E-state index contributed by atoms with van der Waals surface area (Å²) in [6.07, 6.45) is 1.45. The van der Waals surface area contributed by atoms with Crippen LogP contribution in [0.4, 0.5) is 0 Å². The van der Waals surface area contributed by atoms with Gasteiger partial charge in [0.2, 0.25) is 0 Å². The summed E-state index contributed by atoms with van der Waals surface area (Å²) in [7, 11) is 3.00. The first kappa shape index (κ1) is 14.8. The third-order valence-electron chi connectivity index (χ3n) is 3.51. The van der Waals surface area contributed by atoms with E-state index in [1.807, 2.05) is 24.3 Å². The molecule has 3 rings (SSSR count). The molecule has 0 bridgehead atoms. The second-order valence-electron chi connectivity index (χ2n) is 5.09. The number of carbonyl (C=O) groups excluding carboxylic acids is 1. The molecule has 7 nitrogen and oxygen atoms in total. The van der Waals surface area contributed by atoms with Gasteiger partial charge in [0.05, 0.1) is 30.3 Å². The van der Waals surface area contributed by atoms with Gasteiger partial charge < -0.3 is 19.6 Å². The number of aryl methyl sites for hydroxylation is 1. The van der Waals surface area contributed by atoms with Gasteiger partial charge in [0.1, 0.15) is 11.6 Å². The van der Waals surface area contributed by atoms with Crippen LogP contribution in [0.3, 0.4) is 0 Å². The summed E-state index contributed by atoms with van der Waals surface area (Å²) in [6, 6.07) is 8.92. The number of aromatic nitrogens is 3. The highest BCUT2D eigenvalue weighted by atomic mass is 16.5. The van der Waals surface area contributed by atoms with E-state index in [4.69, 9.17) is 4.74 Å². The van der Waals surface area contributed by atoms with Gasteiger partial charge in [-0.15, -0.1) is 0 Å². The standard InChI is InChI=1S/C16H16N4O3/c1-20-9-10(13(23-2)7-15(20)21)16(22)17-8-14-18-11-5-3-4-6-12(11)19-14/h3-7,9H,8H2,1-2H3,(H,17,22)(H,18,19). The van der Waals surface area contributed by atoms with Crippen LogP contribution in [0.5, 0.6) is 5.75 Å². The maximum absolute atomic E-state index is 12.3. The van der Waals surface area contributed by atoms with E-state index in [0.717, 1.165) is 11.0 Å². The van der Waals surface area contributed by atoms with Crippen LogP contribution in [0.1, 0.15) is 16.2 Å². The zero-order valence-electron chi connectivity index (χ0n) is 12.8. The Labute approximate surface area is 131 Å². The van der Waals surface area contributed by atoms with Crippen molar-refractivity contribution in [2.75, 3.05) is 7.11 Å². The monoisotopic (exact) mass is 312 g/mol. The molecule has 1 aromatic carbocycles. The van der Waals surface area contributed by atoms with Crippen LogP contribution in [0.25, 0.3) is 11.0 Å². The third kappa shape index (κ3) is 2.94. The van der Waals surface area contributed by atoms with Crippen LogP contribution >= 0.6 is 0 Å². The first-order chi connectivity index (χ1) is 11.1. The van der Waals surface area contributed by atoms with Crippen molar-refractivity contribution in [3.63, 3.8) is 0 Å². The number of hydrogen-bond donors (Lipinski definition) is 2. The van der Waals surface area contributed by atoms with Gasteiger partial charge in [-0.3, -0.25) is 9.59 Å². The number of rotatable bonds is 4. The molecular formula is C16H16N4O3. The molecule has 0 fully saturated rings. The summed E-state index contributed by atoms with van der Waals surface area (Å²) in [5, 5.41) is 2.77. The Bertz CT molecular complexity index is 893. The molecule has 1 amide bonds. The van der Waals surface area contributed by atoms with Crippen LogP contribution in [0, 0.1) is 0 Å². The molecule has 118 valence electrons. The molecule has 2 aromatic heterocycles. The van der Waals surface area contributed by atoms with Gasteiger partial charge >= 0.3 is 0 Å². The number of benzene rings is 1. The number of para-hydroxylation sites is 2. The van der Waals surface area contributed by atoms with Crippen molar-refractivity contribution in [1.29, 1.82) is 0 Å². The first-order valence-corrected chi connectivity index (χ1v) is 7.05. The molecule has 2 N–H and O–H groups in total. The molecule has 2 heterocycles. The van der Waals surface area contributed by atoms with Crippen LogP contribution in [-0.2, 0) is 13.6 Å². The SMILES string of the molecule is COc1cc(=O)n(C)cc1C(=O)NCc1nc2ccccc2[nH]1. The van der Waals surface area contributed by atoms with Gasteiger partial charge in [-0.2, -0.15) is 0 Å². The lowest BCUT2D eigenvalue weighted by atomic mass is 10.2. The van der Waals surface area contributed by atoms with Crippen molar-refractivity contribution < 1.29 is 9.53 Å². The van der Waals surface area contributed by atoms with Crippen molar-refractivity contribution in [2.45, 2.75) is 6.54 Å². The molecule has 0 aliphatic rings. The van der Waals surface area contributed by atoms with Gasteiger partial charge in [-0.25, -0.2) is 4.98 Å². The zero-order valence-corrected chi connectivity index (χ0v) is 12.8. The average molecular weight is 312 g/mol. The number of hydrogen-bond acceptors (Lipinski definition) is 4. The number of imidazole rings is 1. The zero-order chi connectivity index (χ0) is 16.4. The highest BCUT2D eigenvalue weighted by Gasteiger charge is 2.14. The second kappa shape index (κ2) is 5.96. The molecule has 0 saturated carbocycles. The number of pyridine rings is 1. The molecule has 0 unspecified atom stereocenters. The highest BCUT2D eigenvalue weighted by molar-refractivity contribution is 5.96. The minimum absolute atomic E-state index is 0.240. The van der Waals surface area contributed by atoms with E-state index in [1.54, 1.807) is 7.05 Å². The van der Waals surface area contributed by atoms with Crippen LogP contribution in [-0.4, -0.2) is 27.6 Å². The molecule has 0 aliphatic carbocycles. The predicted octanol–water partition coefficient (Wildman–Crippen LogP) is 1.20. The van der Waals surface area contributed by atoms with E-state index < -0.39 is 0 Å². The van der Waals surface area contributed by atoms with E-state index in [2.05, 4.69) is 15.3 Å². The summed E-state index contributed by atoms with van der Waals surface area (Å²) in [6.45, 7) is 0.250. The topological polar surface area (TPSA) is 89.0 Å². The van der Waals surface area contributed by atoms with Crippen molar-refractivity contribution >= 4 is 16.9 Å². The van der Waals surface area contributed by atoms with E-state index in [0.29, 0.717) is 11.4 Å². The minimum atomic E-state index is -0.335. The summed E-state index contributed by atoms with van der Waals surface area (Å²) in [5.74, 6) is 0.566. The summed E-state index contributed by atoms with van der Waals surface area (Å²) in [5.41, 5.74) is 1.81. The summed E-state index contributed by atoms with van der Waals surface area (Å²) >= 11 is 0. The Kier molecular flexibility index (Phi) is 3.84. The fourth-order valence-corrected chi connectivity index (χ4v) is 2.30. The van der Waals surface area contributed by atoms with E-state index >= 15 is 0 Å². The normalized spacial score (nSPS) is 10.7. The van der Waals surface area contributed by atoms with Crippen molar-refractivity contribution in [3.05, 3.63) is 58.3 Å². The molecule has 23 heavy (non-hydrogen) atoms. The molecular weight excluding hydrogens is 296 g/mol. The number of ether oxygens (including phenoxy) is 1. The van der Waals surface area contributed by atoms with E-state index in [9.17, 15) is 9.59 Å². The quantitative estimate of drug-likeness (QED) is 0.757. The largest absolute Gasteiger partial charge is 0.496 e. The van der Waals surface area contributed by atoms with Crippen molar-refractivity contribution in [3.8, 4) is 5.75 Å². The number of aromatic amines is 1. The van der Waals surface area contributed by atoms with Crippen LogP contribution in [0.15, 0.2) is 41.3 Å². The fraction of sp³-hybridized carbons (Fsp3) is 0.188. The van der Waals surface area contributed by atoms with E-state index in [-0.39, 0.29) is 23.8 Å². The third-order valence-corrected chi connectivity index (χ3v) is 3.51. The fourth-order valence-electron chi connectivity index (χ4n) is 2.30. The molecule has 7 heteroatoms. The Morgan fingerprint density at radius 2 is 2.17 bits per heavy atom. The molecule has 0 aliphatic heterocycles. The maximum Gasteiger partial charge on any atom is 0.256 e. The lowest BCUT2D eigenvalue weighted by Gasteiger charge is -2.09. The van der Waals surface area contributed by atoms with Gasteiger partial charge in [0.25, 0.3) is 11.5 Å². The molecule has 0 saturated heterocycles. The van der Waals surface area contributed by atoms with Gasteiger partial charge in [-0.1, -0.05) is 12.1 Å². The average Bonchev–Trinajstić information content (AvgIpc) is 2.97. The van der Waals surface area contributed by atoms with Crippen molar-refractivity contribution in [1.82, 2.24) is 19.9 Å². The van der Waals surface area contributed by atoms with Crippen molar-refractivity contribution in [2.24, 2.45) is 7.05 Å². The summed E-state index contributed by atoms with van der Waals surface area (Å²) in [4.78, 5) is 31.5.